The number of imidazole rings is 1. The molecular formula is C17H14N4OS2. The summed E-state index contributed by atoms with van der Waals surface area (Å²) in [6.07, 6.45) is 3.06. The number of fused-ring (bicyclic) bond motifs is 2. The predicted octanol–water partition coefficient (Wildman–Crippen LogP) is 3.72. The van der Waals surface area contributed by atoms with E-state index in [9.17, 15) is 10.1 Å². The van der Waals surface area contributed by atoms with Crippen LogP contribution >= 0.6 is 23.1 Å². The monoisotopic (exact) mass is 354 g/mol. The first-order chi connectivity index (χ1) is 11.7. The number of nitrogens with one attached hydrogen (secondary N) is 2. The molecule has 1 aromatic carbocycles. The molecule has 0 unspecified atom stereocenters. The van der Waals surface area contributed by atoms with Crippen molar-refractivity contribution in [2.75, 3.05) is 11.1 Å². The van der Waals surface area contributed by atoms with Crippen LogP contribution < -0.4 is 5.32 Å². The van der Waals surface area contributed by atoms with Gasteiger partial charge in [-0.05, 0) is 37.0 Å². The van der Waals surface area contributed by atoms with Gasteiger partial charge in [0.05, 0.1) is 22.3 Å². The van der Waals surface area contributed by atoms with E-state index < -0.39 is 0 Å². The number of benzene rings is 1. The van der Waals surface area contributed by atoms with Crippen LogP contribution in [0.25, 0.3) is 11.0 Å². The predicted molar refractivity (Wildman–Crippen MR) is 96.5 cm³/mol. The van der Waals surface area contributed by atoms with Crippen molar-refractivity contribution < 1.29 is 4.79 Å². The molecule has 0 fully saturated rings. The number of aromatic amines is 1. The molecule has 0 aliphatic heterocycles. The summed E-state index contributed by atoms with van der Waals surface area (Å²) >= 11 is 2.90. The summed E-state index contributed by atoms with van der Waals surface area (Å²) in [4.78, 5) is 21.1. The van der Waals surface area contributed by atoms with E-state index in [1.807, 2.05) is 24.3 Å². The van der Waals surface area contributed by atoms with Gasteiger partial charge in [-0.2, -0.15) is 5.26 Å². The second-order valence-corrected chi connectivity index (χ2v) is 7.64. The lowest BCUT2D eigenvalue weighted by Crippen LogP contribution is -2.14. The summed E-state index contributed by atoms with van der Waals surface area (Å²) in [6.45, 7) is 0. The fraction of sp³-hybridized carbons (Fsp3) is 0.235. The topological polar surface area (TPSA) is 81.6 Å². The van der Waals surface area contributed by atoms with Crippen LogP contribution in [0.5, 0.6) is 0 Å². The third-order valence-corrected chi connectivity index (χ3v) is 6.07. The zero-order valence-corrected chi connectivity index (χ0v) is 14.4. The maximum absolute atomic E-state index is 12.2. The molecule has 120 valence electrons. The second-order valence-electron chi connectivity index (χ2n) is 5.57. The van der Waals surface area contributed by atoms with Gasteiger partial charge >= 0.3 is 0 Å². The fourth-order valence-corrected chi connectivity index (χ4v) is 4.85. The molecule has 3 aromatic rings. The molecule has 1 aliphatic rings. The van der Waals surface area contributed by atoms with E-state index in [4.69, 9.17) is 0 Å². The molecule has 0 bridgehead atoms. The van der Waals surface area contributed by atoms with Crippen LogP contribution in [0.4, 0.5) is 5.00 Å². The number of nitriles is 1. The third kappa shape index (κ3) is 2.79. The summed E-state index contributed by atoms with van der Waals surface area (Å²) in [5, 5.41) is 13.7. The van der Waals surface area contributed by atoms with Crippen LogP contribution in [0, 0.1) is 11.3 Å². The second kappa shape index (κ2) is 6.30. The number of hydrogen-bond donors (Lipinski definition) is 2. The van der Waals surface area contributed by atoms with Gasteiger partial charge in [-0.3, -0.25) is 4.79 Å². The van der Waals surface area contributed by atoms with Crippen LogP contribution in [-0.4, -0.2) is 21.6 Å². The van der Waals surface area contributed by atoms with Crippen molar-refractivity contribution in [1.82, 2.24) is 9.97 Å². The number of anilines is 1. The van der Waals surface area contributed by atoms with Gasteiger partial charge in [0.25, 0.3) is 0 Å². The largest absolute Gasteiger partial charge is 0.333 e. The van der Waals surface area contributed by atoms with Crippen molar-refractivity contribution in [1.29, 1.82) is 5.26 Å². The molecule has 7 heteroatoms. The molecule has 2 N–H and O–H groups in total. The average molecular weight is 354 g/mol. The van der Waals surface area contributed by atoms with E-state index in [-0.39, 0.29) is 11.7 Å². The van der Waals surface area contributed by atoms with Crippen LogP contribution in [0.1, 0.15) is 22.4 Å². The number of amides is 1. The highest BCUT2D eigenvalue weighted by Crippen LogP contribution is 2.38. The Balaban J connectivity index is 1.43. The van der Waals surface area contributed by atoms with Gasteiger partial charge in [0.1, 0.15) is 11.1 Å². The van der Waals surface area contributed by atoms with Crippen LogP contribution in [0.2, 0.25) is 0 Å². The molecule has 2 heterocycles. The van der Waals surface area contributed by atoms with Crippen molar-refractivity contribution in [3.63, 3.8) is 0 Å². The number of H-pyrrole nitrogens is 1. The van der Waals surface area contributed by atoms with Crippen molar-refractivity contribution in [3.8, 4) is 6.07 Å². The van der Waals surface area contributed by atoms with Gasteiger partial charge in [0.15, 0.2) is 5.16 Å². The molecule has 5 nitrogen and oxygen atoms in total. The molecule has 1 aliphatic carbocycles. The van der Waals surface area contributed by atoms with Crippen molar-refractivity contribution >= 4 is 45.0 Å². The van der Waals surface area contributed by atoms with Gasteiger partial charge in [-0.15, -0.1) is 11.3 Å². The van der Waals surface area contributed by atoms with Crippen molar-refractivity contribution in [3.05, 3.63) is 40.3 Å². The molecule has 0 atom stereocenters. The van der Waals surface area contributed by atoms with Gasteiger partial charge in [-0.1, -0.05) is 23.9 Å². The highest BCUT2D eigenvalue weighted by atomic mass is 32.2. The van der Waals surface area contributed by atoms with Gasteiger partial charge in [-0.25, -0.2) is 4.98 Å². The Morgan fingerprint density at radius 3 is 3.12 bits per heavy atom. The molecule has 24 heavy (non-hydrogen) atoms. The summed E-state index contributed by atoms with van der Waals surface area (Å²) in [5.74, 6) is 0.143. The lowest BCUT2D eigenvalue weighted by atomic mass is 10.1. The van der Waals surface area contributed by atoms with Crippen molar-refractivity contribution in [2.24, 2.45) is 0 Å². The molecule has 0 radical (unpaired) electrons. The number of hydrogen-bond acceptors (Lipinski definition) is 5. The Kier molecular flexibility index (Phi) is 4.00. The first kappa shape index (κ1) is 15.2. The maximum atomic E-state index is 12.2. The number of para-hydroxylation sites is 2. The summed E-state index contributed by atoms with van der Waals surface area (Å²) in [5.41, 5.74) is 3.63. The molecule has 1 amide bonds. The Labute approximate surface area is 147 Å². The minimum atomic E-state index is -0.114. The molecule has 0 saturated carbocycles. The van der Waals surface area contributed by atoms with E-state index in [0.29, 0.717) is 10.6 Å². The highest BCUT2D eigenvalue weighted by Gasteiger charge is 2.23. The first-order valence-corrected chi connectivity index (χ1v) is 9.47. The molecular weight excluding hydrogens is 340 g/mol. The minimum absolute atomic E-state index is 0.114. The van der Waals surface area contributed by atoms with Crippen LogP contribution in [0.15, 0.2) is 29.4 Å². The normalized spacial score (nSPS) is 13.0. The minimum Gasteiger partial charge on any atom is -0.333 e. The van der Waals surface area contributed by atoms with Crippen LogP contribution in [-0.2, 0) is 17.6 Å². The van der Waals surface area contributed by atoms with Gasteiger partial charge < -0.3 is 10.3 Å². The van der Waals surface area contributed by atoms with E-state index >= 15 is 0 Å². The summed E-state index contributed by atoms with van der Waals surface area (Å²) < 4.78 is 0. The molecule has 4 rings (SSSR count). The lowest BCUT2D eigenvalue weighted by molar-refractivity contribution is -0.113. The van der Waals surface area contributed by atoms with Gasteiger partial charge in [0.2, 0.25) is 5.91 Å². The number of carbonyl (C=O) groups is 1. The van der Waals surface area contributed by atoms with E-state index in [2.05, 4.69) is 21.4 Å². The smallest absolute Gasteiger partial charge is 0.235 e. The highest BCUT2D eigenvalue weighted by molar-refractivity contribution is 7.99. The zero-order chi connectivity index (χ0) is 16.5. The SMILES string of the molecule is N#Cc1c(NC(=O)CSc2nc3ccccc3[nH]2)sc2c1CCC2. The zero-order valence-electron chi connectivity index (χ0n) is 12.8. The van der Waals surface area contributed by atoms with Crippen molar-refractivity contribution in [2.45, 2.75) is 24.4 Å². The molecule has 2 aromatic heterocycles. The quantitative estimate of drug-likeness (QED) is 0.700. The van der Waals surface area contributed by atoms with Gasteiger partial charge in [0, 0.05) is 4.88 Å². The van der Waals surface area contributed by atoms with E-state index in [1.165, 1.54) is 28.0 Å². The number of thiophene rings is 1. The maximum Gasteiger partial charge on any atom is 0.235 e. The number of aryl methyl sites for hydroxylation is 1. The molecule has 0 saturated heterocycles. The van der Waals surface area contributed by atoms with E-state index in [0.717, 1.165) is 41.0 Å². The first-order valence-electron chi connectivity index (χ1n) is 7.66. The Bertz CT molecular complexity index is 934. The lowest BCUT2D eigenvalue weighted by Gasteiger charge is -2.03. The summed E-state index contributed by atoms with van der Waals surface area (Å²) in [6, 6.07) is 10.0. The third-order valence-electron chi connectivity index (χ3n) is 3.99. The van der Waals surface area contributed by atoms with Crippen LogP contribution in [0.3, 0.4) is 0 Å². The summed E-state index contributed by atoms with van der Waals surface area (Å²) in [7, 11) is 0. The Hall–Kier alpha value is -2.30. The number of aromatic nitrogens is 2. The molecule has 0 spiro atoms. The number of nitrogens with zero attached hydrogens (tertiary/aromatic N) is 2. The fourth-order valence-electron chi connectivity index (χ4n) is 2.90. The standard InChI is InChI=1S/C17H14N4OS2/c18-8-11-10-4-3-7-14(10)24-16(11)21-15(22)9-23-17-19-12-5-1-2-6-13(12)20-17/h1-2,5-6H,3-4,7,9H2,(H,19,20)(H,21,22). The number of rotatable bonds is 4. The van der Waals surface area contributed by atoms with E-state index in [1.54, 1.807) is 0 Å². The Morgan fingerprint density at radius 1 is 1.42 bits per heavy atom. The Morgan fingerprint density at radius 2 is 2.29 bits per heavy atom. The number of thioether (sulfide) groups is 1. The number of carbonyl (C=O) groups excluding carboxylic acids is 1. The average Bonchev–Trinajstić information content (AvgIpc) is 3.26.